The molecule has 2 saturated carbocycles. The van der Waals surface area contributed by atoms with E-state index in [2.05, 4.69) is 5.32 Å². The number of aryl methyl sites for hydroxylation is 1. The molecule has 124 valence electrons. The monoisotopic (exact) mass is 332 g/mol. The Hall–Kier alpha value is -1.20. The summed E-state index contributed by atoms with van der Waals surface area (Å²) in [6.45, 7) is 0.769. The largest absolute Gasteiger partial charge is 0.352 e. The number of amides is 1. The summed E-state index contributed by atoms with van der Waals surface area (Å²) in [6.07, 6.45) is 7.63. The highest BCUT2D eigenvalue weighted by Crippen LogP contribution is 2.37. The summed E-state index contributed by atoms with van der Waals surface area (Å²) in [7, 11) is 0. The topological polar surface area (TPSA) is 72.2 Å². The molecule has 1 atom stereocenters. The number of carbonyl (C=O) groups excluding carboxylic acids is 2. The zero-order valence-corrected chi connectivity index (χ0v) is 14.2. The molecule has 0 spiro atoms. The van der Waals surface area contributed by atoms with Gasteiger partial charge in [0.2, 0.25) is 0 Å². The van der Waals surface area contributed by atoms with Crippen LogP contribution in [0.2, 0.25) is 0 Å². The number of Topliss-reactive ketones (excluding diaryl/α,β-unsaturated/α-hetero) is 1. The molecule has 3 N–H and O–H groups in total. The van der Waals surface area contributed by atoms with Crippen LogP contribution in [0.5, 0.6) is 0 Å². The molecule has 0 radical (unpaired) electrons. The van der Waals surface area contributed by atoms with Crippen molar-refractivity contribution in [1.82, 2.24) is 5.32 Å². The molecular weight excluding hydrogens is 308 g/mol. The van der Waals surface area contributed by atoms with E-state index >= 15 is 0 Å². The van der Waals surface area contributed by atoms with Gasteiger partial charge < -0.3 is 11.1 Å². The molecule has 3 aliphatic carbocycles. The van der Waals surface area contributed by atoms with Gasteiger partial charge in [-0.25, -0.2) is 0 Å². The van der Waals surface area contributed by atoms with Crippen molar-refractivity contribution in [2.75, 3.05) is 6.54 Å². The summed E-state index contributed by atoms with van der Waals surface area (Å²) >= 11 is 1.68. The number of nitrogens with one attached hydrogen (secondary N) is 1. The third kappa shape index (κ3) is 3.36. The van der Waals surface area contributed by atoms with Gasteiger partial charge in [-0.3, -0.25) is 9.59 Å². The highest BCUT2D eigenvalue weighted by atomic mass is 32.1. The summed E-state index contributed by atoms with van der Waals surface area (Å²) in [5, 5.41) is 3.09. The van der Waals surface area contributed by atoms with Crippen molar-refractivity contribution in [3.05, 3.63) is 20.9 Å². The summed E-state index contributed by atoms with van der Waals surface area (Å²) in [6, 6.07) is 0.138. The minimum atomic E-state index is 0.0158. The second-order valence-electron chi connectivity index (χ2n) is 7.38. The standard InChI is InChI=1S/C18H24N2O2S/c19-12-5-6-15-13(7-12)17(18(22)20-9-10-1-2-10)16(23-15)8-14(21)11-3-4-11/h10-12H,1-9,19H2,(H,20,22)/t12-/m0/s1. The Bertz CT molecular complexity index is 644. The van der Waals surface area contributed by atoms with Crippen molar-refractivity contribution >= 4 is 23.0 Å². The quantitative estimate of drug-likeness (QED) is 0.839. The van der Waals surface area contributed by atoms with E-state index in [1.54, 1.807) is 11.3 Å². The third-order valence-corrected chi connectivity index (χ3v) is 6.51. The lowest BCUT2D eigenvalue weighted by Gasteiger charge is -2.19. The van der Waals surface area contributed by atoms with Gasteiger partial charge in [0, 0.05) is 34.7 Å². The number of nitrogens with two attached hydrogens (primary N) is 1. The average Bonchev–Trinajstić information content (AvgIpc) is 3.42. The number of fused-ring (bicyclic) bond motifs is 1. The van der Waals surface area contributed by atoms with Crippen molar-refractivity contribution in [1.29, 1.82) is 0 Å². The van der Waals surface area contributed by atoms with Crippen molar-refractivity contribution in [2.45, 2.75) is 57.4 Å². The summed E-state index contributed by atoms with van der Waals surface area (Å²) < 4.78 is 0. The average molecular weight is 332 g/mol. The van der Waals surface area contributed by atoms with Gasteiger partial charge in [-0.15, -0.1) is 11.3 Å². The predicted molar refractivity (Wildman–Crippen MR) is 90.8 cm³/mol. The van der Waals surface area contributed by atoms with Crippen molar-refractivity contribution < 1.29 is 9.59 Å². The summed E-state index contributed by atoms with van der Waals surface area (Å²) in [5.41, 5.74) is 8.04. The first kappa shape index (κ1) is 15.3. The number of hydrogen-bond donors (Lipinski definition) is 2. The molecule has 0 saturated heterocycles. The third-order valence-electron chi connectivity index (χ3n) is 5.21. The number of carbonyl (C=O) groups is 2. The molecule has 4 rings (SSSR count). The van der Waals surface area contributed by atoms with E-state index in [0.717, 1.165) is 54.7 Å². The van der Waals surface area contributed by atoms with Crippen LogP contribution in [0.25, 0.3) is 0 Å². The summed E-state index contributed by atoms with van der Waals surface area (Å²) in [4.78, 5) is 27.3. The lowest BCUT2D eigenvalue weighted by Crippen LogP contribution is -2.31. The molecule has 1 heterocycles. The van der Waals surface area contributed by atoms with E-state index in [1.165, 1.54) is 17.7 Å². The summed E-state index contributed by atoms with van der Waals surface area (Å²) in [5.74, 6) is 1.23. The molecule has 0 unspecified atom stereocenters. The molecule has 0 aromatic carbocycles. The van der Waals surface area contributed by atoms with Crippen LogP contribution in [-0.4, -0.2) is 24.3 Å². The van der Waals surface area contributed by atoms with E-state index in [0.29, 0.717) is 18.1 Å². The second kappa shape index (κ2) is 6.02. The Balaban J connectivity index is 1.60. The SMILES string of the molecule is N[C@H]1CCc2sc(CC(=O)C3CC3)c(C(=O)NCC3CC3)c2C1. The van der Waals surface area contributed by atoms with Crippen molar-refractivity contribution in [3.8, 4) is 0 Å². The Morgan fingerprint density at radius 2 is 1.96 bits per heavy atom. The van der Waals surface area contributed by atoms with Crippen LogP contribution in [-0.2, 0) is 24.1 Å². The molecule has 1 amide bonds. The second-order valence-corrected chi connectivity index (χ2v) is 8.57. The zero-order valence-electron chi connectivity index (χ0n) is 13.4. The fraction of sp³-hybridized carbons (Fsp3) is 0.667. The molecule has 23 heavy (non-hydrogen) atoms. The minimum absolute atomic E-state index is 0.0158. The lowest BCUT2D eigenvalue weighted by atomic mass is 9.90. The van der Waals surface area contributed by atoms with Crippen molar-refractivity contribution in [2.24, 2.45) is 17.6 Å². The normalized spacial score (nSPS) is 23.4. The van der Waals surface area contributed by atoms with E-state index < -0.39 is 0 Å². The molecule has 0 bridgehead atoms. The number of ketones is 1. The smallest absolute Gasteiger partial charge is 0.252 e. The molecule has 5 heteroatoms. The van der Waals surface area contributed by atoms with Crippen molar-refractivity contribution in [3.63, 3.8) is 0 Å². The van der Waals surface area contributed by atoms with Crippen LogP contribution in [0.15, 0.2) is 0 Å². The van der Waals surface area contributed by atoms with E-state index in [1.807, 2.05) is 0 Å². The van der Waals surface area contributed by atoms with Crippen LogP contribution in [0, 0.1) is 11.8 Å². The van der Waals surface area contributed by atoms with Gasteiger partial charge in [0.25, 0.3) is 5.91 Å². The molecular formula is C18H24N2O2S. The molecule has 3 aliphatic rings. The fourth-order valence-electron chi connectivity index (χ4n) is 3.41. The Morgan fingerprint density at radius 3 is 2.65 bits per heavy atom. The maximum Gasteiger partial charge on any atom is 0.252 e. The van der Waals surface area contributed by atoms with E-state index in [9.17, 15) is 9.59 Å². The van der Waals surface area contributed by atoms with Crippen LogP contribution >= 0.6 is 11.3 Å². The maximum atomic E-state index is 12.7. The van der Waals surface area contributed by atoms with Crippen LogP contribution in [0.3, 0.4) is 0 Å². The van der Waals surface area contributed by atoms with Gasteiger partial charge in [0.15, 0.2) is 0 Å². The highest BCUT2D eigenvalue weighted by Gasteiger charge is 2.33. The van der Waals surface area contributed by atoms with Gasteiger partial charge in [-0.05, 0) is 56.4 Å². The van der Waals surface area contributed by atoms with Gasteiger partial charge in [0.05, 0.1) is 5.56 Å². The molecule has 4 nitrogen and oxygen atoms in total. The first-order chi connectivity index (χ1) is 11.1. The first-order valence-corrected chi connectivity index (χ1v) is 9.63. The Kier molecular flexibility index (Phi) is 4.01. The highest BCUT2D eigenvalue weighted by molar-refractivity contribution is 7.12. The van der Waals surface area contributed by atoms with Gasteiger partial charge in [-0.2, -0.15) is 0 Å². The zero-order chi connectivity index (χ0) is 16.0. The molecule has 1 aromatic rings. The molecule has 2 fully saturated rings. The Morgan fingerprint density at radius 1 is 1.17 bits per heavy atom. The van der Waals surface area contributed by atoms with Gasteiger partial charge in [0.1, 0.15) is 5.78 Å². The van der Waals surface area contributed by atoms with Crippen LogP contribution < -0.4 is 11.1 Å². The number of thiophene rings is 1. The Labute approximate surface area is 140 Å². The molecule has 0 aliphatic heterocycles. The van der Waals surface area contributed by atoms with Gasteiger partial charge in [-0.1, -0.05) is 0 Å². The number of hydrogen-bond acceptors (Lipinski definition) is 4. The first-order valence-electron chi connectivity index (χ1n) is 8.81. The van der Waals surface area contributed by atoms with Crippen LogP contribution in [0.4, 0.5) is 0 Å². The van der Waals surface area contributed by atoms with Gasteiger partial charge >= 0.3 is 0 Å². The van der Waals surface area contributed by atoms with E-state index in [4.69, 9.17) is 5.73 Å². The number of rotatable bonds is 6. The maximum absolute atomic E-state index is 12.7. The minimum Gasteiger partial charge on any atom is -0.352 e. The van der Waals surface area contributed by atoms with E-state index in [-0.39, 0.29) is 17.9 Å². The predicted octanol–water partition coefficient (Wildman–Crippen LogP) is 2.23. The lowest BCUT2D eigenvalue weighted by molar-refractivity contribution is -0.119. The van der Waals surface area contributed by atoms with Crippen LogP contribution in [0.1, 0.15) is 57.8 Å². The molecule has 1 aromatic heterocycles. The fourth-order valence-corrected chi connectivity index (χ4v) is 4.77.